The summed E-state index contributed by atoms with van der Waals surface area (Å²) < 4.78 is 5.31. The number of hydrogen-bond acceptors (Lipinski definition) is 5. The Morgan fingerprint density at radius 1 is 1.19 bits per heavy atom. The second-order valence-corrected chi connectivity index (χ2v) is 8.23. The number of hydrogen-bond donors (Lipinski definition) is 0. The molecule has 1 aliphatic rings. The van der Waals surface area contributed by atoms with Crippen molar-refractivity contribution in [3.8, 4) is 0 Å². The molecule has 0 bridgehead atoms. The Bertz CT molecular complexity index is 838. The molecule has 2 aromatic rings. The van der Waals surface area contributed by atoms with Gasteiger partial charge in [-0.2, -0.15) is 0 Å². The van der Waals surface area contributed by atoms with E-state index < -0.39 is 5.97 Å². The van der Waals surface area contributed by atoms with Crippen molar-refractivity contribution in [2.45, 2.75) is 23.5 Å². The van der Waals surface area contributed by atoms with Crippen LogP contribution >= 0.6 is 11.8 Å². The van der Waals surface area contributed by atoms with Gasteiger partial charge in [-0.05, 0) is 36.8 Å². The number of ether oxygens (including phenoxy) is 1. The van der Waals surface area contributed by atoms with Gasteiger partial charge in [0.1, 0.15) is 0 Å². The van der Waals surface area contributed by atoms with Gasteiger partial charge in [-0.25, -0.2) is 4.79 Å². The maximum absolute atomic E-state index is 12.8. The van der Waals surface area contributed by atoms with Crippen LogP contribution in [0.15, 0.2) is 53.4 Å². The first-order chi connectivity index (χ1) is 13.0. The molecule has 5 nitrogen and oxygen atoms in total. The van der Waals surface area contributed by atoms with Crippen molar-refractivity contribution in [2.24, 2.45) is 0 Å². The van der Waals surface area contributed by atoms with Gasteiger partial charge in [0.25, 0.3) is 5.91 Å². The number of para-hydroxylation sites is 1. The lowest BCUT2D eigenvalue weighted by molar-refractivity contribution is -0.121. The van der Waals surface area contributed by atoms with Crippen LogP contribution in [0.1, 0.15) is 23.7 Å². The predicted molar refractivity (Wildman–Crippen MR) is 110 cm³/mol. The number of esters is 1. The van der Waals surface area contributed by atoms with E-state index in [9.17, 15) is 9.59 Å². The van der Waals surface area contributed by atoms with Crippen LogP contribution < -0.4 is 9.80 Å². The molecule has 6 heteroatoms. The molecule has 27 heavy (non-hydrogen) atoms. The molecule has 3 rings (SSSR count). The average Bonchev–Trinajstić information content (AvgIpc) is 2.84. The van der Waals surface area contributed by atoms with Crippen molar-refractivity contribution in [1.29, 1.82) is 0 Å². The van der Waals surface area contributed by atoms with Gasteiger partial charge in [0.05, 0.1) is 11.3 Å². The lowest BCUT2D eigenvalue weighted by Gasteiger charge is -2.22. The number of benzene rings is 2. The Balaban J connectivity index is 1.69. The molecule has 1 heterocycles. The molecule has 1 unspecified atom stereocenters. The van der Waals surface area contributed by atoms with E-state index in [4.69, 9.17) is 4.74 Å². The Labute approximate surface area is 164 Å². The minimum Gasteiger partial charge on any atom is -0.452 e. The second kappa shape index (κ2) is 8.48. The van der Waals surface area contributed by atoms with Crippen LogP contribution in [0.4, 0.5) is 11.4 Å². The molecule has 0 aliphatic carbocycles. The summed E-state index contributed by atoms with van der Waals surface area (Å²) in [6, 6.07) is 15.0. The largest absolute Gasteiger partial charge is 0.452 e. The van der Waals surface area contributed by atoms with E-state index >= 15 is 0 Å². The molecule has 1 aliphatic heterocycles. The highest BCUT2D eigenvalue weighted by atomic mass is 32.2. The van der Waals surface area contributed by atoms with Crippen molar-refractivity contribution < 1.29 is 14.3 Å². The van der Waals surface area contributed by atoms with E-state index in [-0.39, 0.29) is 12.5 Å². The highest BCUT2D eigenvalue weighted by Gasteiger charge is 2.25. The number of fused-ring (bicyclic) bond motifs is 1. The molecule has 0 N–H and O–H groups in total. The monoisotopic (exact) mass is 384 g/mol. The van der Waals surface area contributed by atoms with Gasteiger partial charge in [-0.3, -0.25) is 4.79 Å². The fourth-order valence-corrected chi connectivity index (χ4v) is 4.06. The number of nitrogens with zero attached hydrogens (tertiary/aromatic N) is 2. The first kappa shape index (κ1) is 19.3. The summed E-state index contributed by atoms with van der Waals surface area (Å²) in [5, 5.41) is 0.431. The molecular formula is C21H24N2O3S. The number of amides is 1. The van der Waals surface area contributed by atoms with E-state index in [2.05, 4.69) is 6.92 Å². The fourth-order valence-electron chi connectivity index (χ4n) is 2.95. The molecule has 0 saturated heterocycles. The highest BCUT2D eigenvalue weighted by Crippen LogP contribution is 2.37. The van der Waals surface area contributed by atoms with Gasteiger partial charge in [-0.1, -0.05) is 25.1 Å². The number of carbonyl (C=O) groups is 2. The van der Waals surface area contributed by atoms with Gasteiger partial charge in [0.15, 0.2) is 6.61 Å². The van der Waals surface area contributed by atoms with Gasteiger partial charge in [-0.15, -0.1) is 11.8 Å². The number of anilines is 2. The van der Waals surface area contributed by atoms with Crippen LogP contribution in [0.5, 0.6) is 0 Å². The van der Waals surface area contributed by atoms with Crippen LogP contribution in [0.25, 0.3) is 0 Å². The maximum Gasteiger partial charge on any atom is 0.338 e. The lowest BCUT2D eigenvalue weighted by atomic mass is 10.2. The van der Waals surface area contributed by atoms with E-state index in [1.165, 1.54) is 0 Å². The predicted octanol–water partition coefficient (Wildman–Crippen LogP) is 3.83. The third-order valence-electron chi connectivity index (χ3n) is 4.47. The maximum atomic E-state index is 12.8. The fraction of sp³-hybridized carbons (Fsp3) is 0.333. The van der Waals surface area contributed by atoms with Crippen molar-refractivity contribution in [3.05, 3.63) is 54.1 Å². The SMILES string of the molecule is CC1CCN(C(=O)COC(=O)c2cccc(N(C)C)c2)c2ccccc2S1. The number of thioether (sulfide) groups is 1. The molecule has 1 amide bonds. The standard InChI is InChI=1S/C21H24N2O3S/c1-15-11-12-23(18-9-4-5-10-19(18)27-15)20(24)14-26-21(25)16-7-6-8-17(13-16)22(2)3/h4-10,13,15H,11-12,14H2,1-3H3. The van der Waals surface area contributed by atoms with Crippen molar-refractivity contribution in [2.75, 3.05) is 37.0 Å². The topological polar surface area (TPSA) is 49.9 Å². The van der Waals surface area contributed by atoms with Crippen molar-refractivity contribution in [3.63, 3.8) is 0 Å². The average molecular weight is 385 g/mol. The minimum atomic E-state index is -0.488. The molecule has 2 aromatic carbocycles. The Hall–Kier alpha value is -2.47. The van der Waals surface area contributed by atoms with Gasteiger partial charge in [0, 0.05) is 36.5 Å². The molecular weight excluding hydrogens is 360 g/mol. The number of carbonyl (C=O) groups excluding carboxylic acids is 2. The molecule has 0 aromatic heterocycles. The van der Waals surface area contributed by atoms with Crippen LogP contribution in [0, 0.1) is 0 Å². The van der Waals surface area contributed by atoms with Crippen LogP contribution in [0.2, 0.25) is 0 Å². The third-order valence-corrected chi connectivity index (χ3v) is 5.71. The second-order valence-electron chi connectivity index (χ2n) is 6.75. The van der Waals surface area contributed by atoms with E-state index in [1.54, 1.807) is 34.9 Å². The van der Waals surface area contributed by atoms with Crippen LogP contribution in [-0.2, 0) is 9.53 Å². The molecule has 0 spiro atoms. The molecule has 142 valence electrons. The molecule has 0 fully saturated rings. The van der Waals surface area contributed by atoms with Gasteiger partial charge < -0.3 is 14.5 Å². The molecule has 0 saturated carbocycles. The first-order valence-corrected chi connectivity index (χ1v) is 9.84. The van der Waals surface area contributed by atoms with Crippen molar-refractivity contribution in [1.82, 2.24) is 0 Å². The van der Waals surface area contributed by atoms with Gasteiger partial charge in [0.2, 0.25) is 0 Å². The minimum absolute atomic E-state index is 0.200. The summed E-state index contributed by atoms with van der Waals surface area (Å²) in [6.45, 7) is 2.52. The summed E-state index contributed by atoms with van der Waals surface area (Å²) in [5.74, 6) is -0.688. The zero-order valence-corrected chi connectivity index (χ0v) is 16.7. The molecule has 1 atom stereocenters. The first-order valence-electron chi connectivity index (χ1n) is 8.96. The smallest absolute Gasteiger partial charge is 0.338 e. The Morgan fingerprint density at radius 3 is 2.74 bits per heavy atom. The Kier molecular flexibility index (Phi) is 6.06. The lowest BCUT2D eigenvalue weighted by Crippen LogP contribution is -2.35. The number of rotatable bonds is 4. The van der Waals surface area contributed by atoms with Crippen LogP contribution in [0.3, 0.4) is 0 Å². The van der Waals surface area contributed by atoms with E-state index in [1.807, 2.05) is 49.3 Å². The summed E-state index contributed by atoms with van der Waals surface area (Å²) >= 11 is 1.77. The van der Waals surface area contributed by atoms with Crippen LogP contribution in [-0.4, -0.2) is 44.4 Å². The summed E-state index contributed by atoms with van der Waals surface area (Å²) in [7, 11) is 3.81. The Morgan fingerprint density at radius 2 is 1.96 bits per heavy atom. The molecule has 0 radical (unpaired) electrons. The van der Waals surface area contributed by atoms with Gasteiger partial charge >= 0.3 is 5.97 Å². The zero-order chi connectivity index (χ0) is 19.4. The van der Waals surface area contributed by atoms with E-state index in [0.717, 1.165) is 22.7 Å². The normalized spacial score (nSPS) is 16.3. The third kappa shape index (κ3) is 4.63. The summed E-state index contributed by atoms with van der Waals surface area (Å²) in [6.07, 6.45) is 0.893. The summed E-state index contributed by atoms with van der Waals surface area (Å²) in [4.78, 5) is 29.8. The highest BCUT2D eigenvalue weighted by molar-refractivity contribution is 8.00. The quantitative estimate of drug-likeness (QED) is 0.750. The van der Waals surface area contributed by atoms with Crippen molar-refractivity contribution >= 4 is 35.0 Å². The van der Waals surface area contributed by atoms with E-state index in [0.29, 0.717) is 17.4 Å². The zero-order valence-electron chi connectivity index (χ0n) is 15.8. The summed E-state index contributed by atoms with van der Waals surface area (Å²) in [5.41, 5.74) is 2.24.